The van der Waals surface area contributed by atoms with Crippen molar-refractivity contribution < 1.29 is 0 Å². The van der Waals surface area contributed by atoms with Gasteiger partial charge in [0.1, 0.15) is 0 Å². The van der Waals surface area contributed by atoms with Crippen molar-refractivity contribution in [2.75, 3.05) is 7.05 Å². The van der Waals surface area contributed by atoms with E-state index in [1.165, 1.54) is 10.4 Å². The monoisotopic (exact) mass is 214 g/mol. The predicted octanol–water partition coefficient (Wildman–Crippen LogP) is 1.90. The fourth-order valence-electron chi connectivity index (χ4n) is 1.09. The molecule has 2 N–H and O–H groups in total. The molecule has 0 radical (unpaired) electrons. The Bertz CT molecular complexity index is 281. The highest BCUT2D eigenvalue weighted by Crippen LogP contribution is 2.16. The molecule has 4 heteroatoms. The Balaban J connectivity index is 2.49. The van der Waals surface area contributed by atoms with E-state index < -0.39 is 0 Å². The van der Waals surface area contributed by atoms with Crippen LogP contribution in [0.5, 0.6) is 0 Å². The average molecular weight is 214 g/mol. The van der Waals surface area contributed by atoms with Gasteiger partial charge in [-0.15, -0.1) is 11.3 Å². The van der Waals surface area contributed by atoms with Crippen LogP contribution in [0.3, 0.4) is 0 Å². The molecule has 2 nitrogen and oxygen atoms in total. The van der Waals surface area contributed by atoms with Gasteiger partial charge in [0.25, 0.3) is 0 Å². The second kappa shape index (κ2) is 5.19. The molecule has 72 valence electrons. The van der Waals surface area contributed by atoms with E-state index in [1.54, 1.807) is 11.3 Å². The van der Waals surface area contributed by atoms with Crippen LogP contribution in [0.1, 0.15) is 17.4 Å². The summed E-state index contributed by atoms with van der Waals surface area (Å²) in [4.78, 5) is 1.38. The molecule has 0 aliphatic heterocycles. The van der Waals surface area contributed by atoms with Gasteiger partial charge in [-0.3, -0.25) is 0 Å². The second-order valence-electron chi connectivity index (χ2n) is 2.66. The van der Waals surface area contributed by atoms with Crippen molar-refractivity contribution in [1.82, 2.24) is 10.6 Å². The summed E-state index contributed by atoms with van der Waals surface area (Å²) in [5.74, 6) is 0. The average Bonchev–Trinajstić information content (AvgIpc) is 2.61. The van der Waals surface area contributed by atoms with Crippen molar-refractivity contribution in [3.63, 3.8) is 0 Å². The van der Waals surface area contributed by atoms with Crippen LogP contribution in [-0.2, 0) is 13.0 Å². The Hall–Kier alpha value is -0.610. The minimum absolute atomic E-state index is 0.704. The lowest BCUT2D eigenvalue weighted by Crippen LogP contribution is -2.31. The number of nitrogens with one attached hydrogen (secondary N) is 2. The third-order valence-corrected chi connectivity index (χ3v) is 3.17. The van der Waals surface area contributed by atoms with E-state index in [1.807, 2.05) is 7.05 Å². The van der Waals surface area contributed by atoms with Crippen molar-refractivity contribution in [2.45, 2.75) is 19.9 Å². The summed E-state index contributed by atoms with van der Waals surface area (Å²) in [5, 5.41) is 8.86. The molecule has 0 spiro atoms. The van der Waals surface area contributed by atoms with Crippen LogP contribution in [0.2, 0.25) is 0 Å². The highest BCUT2D eigenvalue weighted by molar-refractivity contribution is 7.80. The molecule has 0 unspecified atom stereocenters. The number of thiocarbonyl (C=S) groups is 1. The molecule has 0 atom stereocenters. The Kier molecular flexibility index (Phi) is 4.18. The maximum absolute atomic E-state index is 4.99. The van der Waals surface area contributed by atoms with Gasteiger partial charge in [0.15, 0.2) is 5.11 Å². The zero-order chi connectivity index (χ0) is 9.68. The first-order valence-corrected chi connectivity index (χ1v) is 5.57. The smallest absolute Gasteiger partial charge is 0.166 e. The molecular weight excluding hydrogens is 200 g/mol. The largest absolute Gasteiger partial charge is 0.366 e. The molecule has 1 aromatic rings. The number of thiophene rings is 1. The summed E-state index contributed by atoms with van der Waals surface area (Å²) in [6.45, 7) is 3.00. The van der Waals surface area contributed by atoms with Crippen molar-refractivity contribution in [2.24, 2.45) is 0 Å². The minimum Gasteiger partial charge on any atom is -0.366 e. The van der Waals surface area contributed by atoms with Crippen molar-refractivity contribution >= 4 is 28.7 Å². The van der Waals surface area contributed by atoms with Gasteiger partial charge in [0, 0.05) is 11.9 Å². The Labute approximate surface area is 88.4 Å². The van der Waals surface area contributed by atoms with Gasteiger partial charge in [-0.25, -0.2) is 0 Å². The van der Waals surface area contributed by atoms with Crippen molar-refractivity contribution in [3.8, 4) is 0 Å². The molecular formula is C9H14N2S2. The van der Waals surface area contributed by atoms with Crippen LogP contribution in [-0.4, -0.2) is 12.2 Å². The highest BCUT2D eigenvalue weighted by atomic mass is 32.1. The number of hydrogen-bond acceptors (Lipinski definition) is 2. The third kappa shape index (κ3) is 2.97. The number of rotatable bonds is 3. The molecule has 0 saturated heterocycles. The van der Waals surface area contributed by atoms with Gasteiger partial charge in [-0.05, 0) is 35.6 Å². The normalized spacial score (nSPS) is 9.69. The van der Waals surface area contributed by atoms with Crippen LogP contribution in [0.15, 0.2) is 11.4 Å². The first-order valence-electron chi connectivity index (χ1n) is 4.28. The Morgan fingerprint density at radius 2 is 2.38 bits per heavy atom. The van der Waals surface area contributed by atoms with E-state index in [2.05, 4.69) is 29.0 Å². The summed E-state index contributed by atoms with van der Waals surface area (Å²) in [6, 6.07) is 2.17. The molecule has 0 aliphatic carbocycles. The molecule has 0 aromatic carbocycles. The topological polar surface area (TPSA) is 24.1 Å². The minimum atomic E-state index is 0.704. The lowest BCUT2D eigenvalue weighted by Gasteiger charge is -2.06. The third-order valence-electron chi connectivity index (χ3n) is 1.86. The molecule has 1 aromatic heterocycles. The van der Waals surface area contributed by atoms with E-state index in [-0.39, 0.29) is 0 Å². The second-order valence-corrected chi connectivity index (χ2v) is 4.06. The van der Waals surface area contributed by atoms with E-state index in [9.17, 15) is 0 Å². The SMILES string of the molecule is CCc1ccsc1CNC(=S)NC. The van der Waals surface area contributed by atoms with E-state index in [0.717, 1.165) is 13.0 Å². The van der Waals surface area contributed by atoms with Crippen LogP contribution >= 0.6 is 23.6 Å². The summed E-state index contributed by atoms with van der Waals surface area (Å²) in [6.07, 6.45) is 1.09. The quantitative estimate of drug-likeness (QED) is 0.752. The lowest BCUT2D eigenvalue weighted by molar-refractivity contribution is 0.892. The maximum Gasteiger partial charge on any atom is 0.166 e. The van der Waals surface area contributed by atoms with Gasteiger partial charge in [0.2, 0.25) is 0 Å². The Morgan fingerprint density at radius 1 is 1.62 bits per heavy atom. The molecule has 0 bridgehead atoms. The summed E-state index contributed by atoms with van der Waals surface area (Å²) >= 11 is 6.77. The molecule has 0 fully saturated rings. The lowest BCUT2D eigenvalue weighted by atomic mass is 10.2. The summed E-state index contributed by atoms with van der Waals surface area (Å²) < 4.78 is 0. The van der Waals surface area contributed by atoms with E-state index >= 15 is 0 Å². The fourth-order valence-corrected chi connectivity index (χ4v) is 2.07. The molecule has 1 heterocycles. The summed E-state index contributed by atoms with van der Waals surface area (Å²) in [7, 11) is 1.82. The standard InChI is InChI=1S/C9H14N2S2/c1-3-7-4-5-13-8(7)6-11-9(12)10-2/h4-5H,3,6H2,1-2H3,(H2,10,11,12). The van der Waals surface area contributed by atoms with Crippen LogP contribution in [0.25, 0.3) is 0 Å². The molecule has 0 amide bonds. The van der Waals surface area contributed by atoms with Crippen LogP contribution in [0, 0.1) is 0 Å². The maximum atomic E-state index is 4.99. The van der Waals surface area contributed by atoms with E-state index in [4.69, 9.17) is 12.2 Å². The number of aryl methyl sites for hydroxylation is 1. The van der Waals surface area contributed by atoms with Gasteiger partial charge >= 0.3 is 0 Å². The summed E-state index contributed by atoms with van der Waals surface area (Å²) in [5.41, 5.74) is 1.41. The van der Waals surface area contributed by atoms with Gasteiger partial charge in [-0.1, -0.05) is 6.92 Å². The van der Waals surface area contributed by atoms with Gasteiger partial charge < -0.3 is 10.6 Å². The van der Waals surface area contributed by atoms with Crippen molar-refractivity contribution in [3.05, 3.63) is 21.9 Å². The zero-order valence-corrected chi connectivity index (χ0v) is 9.52. The predicted molar refractivity (Wildman–Crippen MR) is 62.2 cm³/mol. The molecule has 0 aliphatic rings. The van der Waals surface area contributed by atoms with E-state index in [0.29, 0.717) is 5.11 Å². The molecule has 0 saturated carbocycles. The number of hydrogen-bond donors (Lipinski definition) is 2. The molecule has 1 rings (SSSR count). The van der Waals surface area contributed by atoms with Crippen LogP contribution < -0.4 is 10.6 Å². The Morgan fingerprint density at radius 3 is 3.00 bits per heavy atom. The first kappa shape index (κ1) is 10.5. The van der Waals surface area contributed by atoms with Gasteiger partial charge in [-0.2, -0.15) is 0 Å². The highest BCUT2D eigenvalue weighted by Gasteiger charge is 2.01. The van der Waals surface area contributed by atoms with Crippen molar-refractivity contribution in [1.29, 1.82) is 0 Å². The molecule has 13 heavy (non-hydrogen) atoms. The first-order chi connectivity index (χ1) is 6.27. The zero-order valence-electron chi connectivity index (χ0n) is 7.89. The van der Waals surface area contributed by atoms with Gasteiger partial charge in [0.05, 0.1) is 6.54 Å². The van der Waals surface area contributed by atoms with Crippen LogP contribution in [0.4, 0.5) is 0 Å². The fraction of sp³-hybridized carbons (Fsp3) is 0.444.